The molecule has 0 amide bonds. The summed E-state index contributed by atoms with van der Waals surface area (Å²) < 4.78 is 22.6. The first kappa shape index (κ1) is 13.9. The number of halogens is 1. The van der Waals surface area contributed by atoms with Crippen molar-refractivity contribution in [2.75, 3.05) is 6.26 Å². The van der Waals surface area contributed by atoms with Crippen LogP contribution in [0.15, 0.2) is 9.85 Å². The molecular weight excluding hydrogens is 312 g/mol. The highest BCUT2D eigenvalue weighted by Gasteiger charge is 2.39. The Bertz CT molecular complexity index is 507. The van der Waals surface area contributed by atoms with Crippen LogP contribution in [0, 0.1) is 6.92 Å². The maximum Gasteiger partial charge on any atom is 0.193 e. The molecule has 0 aromatic carbocycles. The van der Waals surface area contributed by atoms with Crippen molar-refractivity contribution in [3.8, 4) is 0 Å². The number of sulfone groups is 1. The summed E-state index contributed by atoms with van der Waals surface area (Å²) in [6.45, 7) is 4.74. The van der Waals surface area contributed by atoms with Gasteiger partial charge in [0.05, 0.1) is 8.66 Å². The number of rotatable bonds is 3. The zero-order valence-electron chi connectivity index (χ0n) is 9.50. The Morgan fingerprint density at radius 1 is 1.44 bits per heavy atom. The number of hydrogen-bond donors (Lipinski definition) is 0. The zero-order chi connectivity index (χ0) is 12.7. The Morgan fingerprint density at radius 2 is 1.94 bits per heavy atom. The third-order valence-corrected chi connectivity index (χ3v) is 6.73. The fourth-order valence-corrected chi connectivity index (χ4v) is 3.18. The van der Waals surface area contributed by atoms with Crippen molar-refractivity contribution in [3.05, 3.63) is 20.3 Å². The van der Waals surface area contributed by atoms with Gasteiger partial charge in [0.2, 0.25) is 0 Å². The summed E-state index contributed by atoms with van der Waals surface area (Å²) in [5, 5.41) is 0. The van der Waals surface area contributed by atoms with Gasteiger partial charge >= 0.3 is 0 Å². The second-order valence-corrected chi connectivity index (χ2v) is 9.11. The van der Waals surface area contributed by atoms with Gasteiger partial charge in [-0.25, -0.2) is 8.42 Å². The first-order chi connectivity index (χ1) is 7.07. The summed E-state index contributed by atoms with van der Waals surface area (Å²) in [6, 6.07) is 1.71. The standard InChI is InChI=1S/C10H13BrO3S2/c1-6-5-7(15-9(6)11)8(12)10(2,3)16(4,13)14/h5H,1-4H3. The molecule has 0 radical (unpaired) electrons. The van der Waals surface area contributed by atoms with Crippen molar-refractivity contribution in [1.29, 1.82) is 0 Å². The van der Waals surface area contributed by atoms with Crippen LogP contribution in [0.4, 0.5) is 0 Å². The fourth-order valence-electron chi connectivity index (χ4n) is 1.04. The van der Waals surface area contributed by atoms with Crippen LogP contribution in [-0.4, -0.2) is 25.2 Å². The van der Waals surface area contributed by atoms with E-state index in [0.29, 0.717) is 4.88 Å². The van der Waals surface area contributed by atoms with Crippen molar-refractivity contribution < 1.29 is 13.2 Å². The lowest BCUT2D eigenvalue weighted by Gasteiger charge is -2.19. The van der Waals surface area contributed by atoms with Crippen LogP contribution in [0.3, 0.4) is 0 Å². The number of carbonyl (C=O) groups excluding carboxylic acids is 1. The molecule has 0 unspecified atom stereocenters. The minimum Gasteiger partial charge on any atom is -0.292 e. The third kappa shape index (κ3) is 2.38. The molecule has 90 valence electrons. The van der Waals surface area contributed by atoms with Crippen molar-refractivity contribution in [3.63, 3.8) is 0 Å². The largest absolute Gasteiger partial charge is 0.292 e. The molecule has 0 aliphatic carbocycles. The summed E-state index contributed by atoms with van der Waals surface area (Å²) >= 11 is 4.59. The van der Waals surface area contributed by atoms with Gasteiger partial charge in [-0.2, -0.15) is 0 Å². The minimum atomic E-state index is -3.41. The van der Waals surface area contributed by atoms with Crippen LogP contribution in [0.25, 0.3) is 0 Å². The molecule has 0 saturated carbocycles. The van der Waals surface area contributed by atoms with E-state index in [2.05, 4.69) is 15.9 Å². The fraction of sp³-hybridized carbons (Fsp3) is 0.500. The highest BCUT2D eigenvalue weighted by Crippen LogP contribution is 2.31. The zero-order valence-corrected chi connectivity index (χ0v) is 12.7. The predicted molar refractivity (Wildman–Crippen MR) is 70.0 cm³/mol. The molecule has 0 aliphatic rings. The van der Waals surface area contributed by atoms with E-state index >= 15 is 0 Å². The van der Waals surface area contributed by atoms with Gasteiger partial charge in [0.15, 0.2) is 15.6 Å². The van der Waals surface area contributed by atoms with Crippen LogP contribution in [0.2, 0.25) is 0 Å². The molecule has 0 aliphatic heterocycles. The number of ketones is 1. The van der Waals surface area contributed by atoms with E-state index < -0.39 is 14.6 Å². The van der Waals surface area contributed by atoms with Gasteiger partial charge in [-0.1, -0.05) is 0 Å². The van der Waals surface area contributed by atoms with Crippen molar-refractivity contribution in [2.24, 2.45) is 0 Å². The Kier molecular flexibility index (Phi) is 3.67. The average molecular weight is 325 g/mol. The molecule has 16 heavy (non-hydrogen) atoms. The van der Waals surface area contributed by atoms with E-state index in [4.69, 9.17) is 0 Å². The van der Waals surface area contributed by atoms with Crippen molar-refractivity contribution in [2.45, 2.75) is 25.5 Å². The molecule has 1 heterocycles. The maximum atomic E-state index is 12.1. The van der Waals surface area contributed by atoms with E-state index in [0.717, 1.165) is 15.6 Å². The molecule has 3 nitrogen and oxygen atoms in total. The predicted octanol–water partition coefficient (Wildman–Crippen LogP) is 2.82. The SMILES string of the molecule is Cc1cc(C(=O)C(C)(C)S(C)(=O)=O)sc1Br. The van der Waals surface area contributed by atoms with E-state index in [1.165, 1.54) is 25.2 Å². The van der Waals surface area contributed by atoms with Gasteiger partial charge in [0, 0.05) is 6.26 Å². The summed E-state index contributed by atoms with van der Waals surface area (Å²) in [5.41, 5.74) is 0.942. The van der Waals surface area contributed by atoms with Gasteiger partial charge in [-0.15, -0.1) is 11.3 Å². The smallest absolute Gasteiger partial charge is 0.193 e. The second-order valence-electron chi connectivity index (χ2n) is 4.18. The number of hydrogen-bond acceptors (Lipinski definition) is 4. The van der Waals surface area contributed by atoms with Crippen LogP contribution >= 0.6 is 27.3 Å². The van der Waals surface area contributed by atoms with Crippen molar-refractivity contribution in [1.82, 2.24) is 0 Å². The molecule has 1 aromatic rings. The first-order valence-corrected chi connectivity index (χ1v) is 8.08. The Morgan fingerprint density at radius 3 is 2.25 bits per heavy atom. The normalized spacial score (nSPS) is 12.8. The Labute approximate surface area is 108 Å². The van der Waals surface area contributed by atoms with E-state index in [9.17, 15) is 13.2 Å². The number of thiophene rings is 1. The molecule has 0 fully saturated rings. The molecular formula is C10H13BrO3S2. The van der Waals surface area contributed by atoms with Crippen LogP contribution in [0.1, 0.15) is 29.1 Å². The highest BCUT2D eigenvalue weighted by atomic mass is 79.9. The number of Topliss-reactive ketones (excluding diaryl/α,β-unsaturated/α-hetero) is 1. The topological polar surface area (TPSA) is 51.2 Å². The lowest BCUT2D eigenvalue weighted by Crippen LogP contribution is -2.39. The number of aryl methyl sites for hydroxylation is 1. The summed E-state index contributed by atoms with van der Waals surface area (Å²) in [5.74, 6) is -0.353. The molecule has 0 bridgehead atoms. The first-order valence-electron chi connectivity index (χ1n) is 4.57. The third-order valence-electron chi connectivity index (χ3n) is 2.55. The minimum absolute atomic E-state index is 0.353. The Hall–Kier alpha value is -0.200. The van der Waals surface area contributed by atoms with E-state index in [1.54, 1.807) is 6.07 Å². The van der Waals surface area contributed by atoms with Crippen molar-refractivity contribution >= 4 is 42.9 Å². The molecule has 0 spiro atoms. The van der Waals surface area contributed by atoms with Crippen LogP contribution < -0.4 is 0 Å². The number of carbonyl (C=O) groups is 1. The second kappa shape index (κ2) is 4.23. The highest BCUT2D eigenvalue weighted by molar-refractivity contribution is 9.11. The summed E-state index contributed by atoms with van der Waals surface area (Å²) in [6.07, 6.45) is 1.08. The van der Waals surface area contributed by atoms with E-state index in [1.807, 2.05) is 6.92 Å². The molecule has 1 aromatic heterocycles. The monoisotopic (exact) mass is 324 g/mol. The lowest BCUT2D eigenvalue weighted by molar-refractivity contribution is 0.0958. The molecule has 0 saturated heterocycles. The maximum absolute atomic E-state index is 12.1. The van der Waals surface area contributed by atoms with Gasteiger partial charge in [0.1, 0.15) is 4.75 Å². The van der Waals surface area contributed by atoms with E-state index in [-0.39, 0.29) is 5.78 Å². The Balaban J connectivity index is 3.23. The van der Waals surface area contributed by atoms with Gasteiger partial charge in [-0.3, -0.25) is 4.79 Å². The molecule has 6 heteroatoms. The van der Waals surface area contributed by atoms with Gasteiger partial charge < -0.3 is 0 Å². The van der Waals surface area contributed by atoms with Crippen LogP contribution in [-0.2, 0) is 9.84 Å². The van der Waals surface area contributed by atoms with Crippen LogP contribution in [0.5, 0.6) is 0 Å². The molecule has 1 rings (SSSR count). The summed E-state index contributed by atoms with van der Waals surface area (Å²) in [7, 11) is -3.41. The van der Waals surface area contributed by atoms with Gasteiger partial charge in [0.25, 0.3) is 0 Å². The molecule has 0 N–H and O–H groups in total. The summed E-state index contributed by atoms with van der Waals surface area (Å²) in [4.78, 5) is 12.6. The average Bonchev–Trinajstić information content (AvgIpc) is 2.43. The lowest BCUT2D eigenvalue weighted by atomic mass is 10.1. The van der Waals surface area contributed by atoms with Gasteiger partial charge in [-0.05, 0) is 48.3 Å². The quantitative estimate of drug-likeness (QED) is 0.803. The molecule has 0 atom stereocenters.